The largest absolute Gasteiger partial charge is 0.506 e. The number of ketones is 1. The third-order valence-corrected chi connectivity index (χ3v) is 2.85. The number of H-pyrrole nitrogens is 1. The second-order valence-electron chi connectivity index (χ2n) is 4.12. The van der Waals surface area contributed by atoms with E-state index >= 15 is 0 Å². The molecule has 2 heterocycles. The van der Waals surface area contributed by atoms with Gasteiger partial charge in [0.15, 0.2) is 0 Å². The number of rotatable bonds is 3. The van der Waals surface area contributed by atoms with Gasteiger partial charge in [0.2, 0.25) is 5.78 Å². The average molecular weight is 253 g/mol. The van der Waals surface area contributed by atoms with Crippen LogP contribution in [-0.2, 0) is 0 Å². The van der Waals surface area contributed by atoms with Gasteiger partial charge in [0.25, 0.3) is 0 Å². The highest BCUT2D eigenvalue weighted by atomic mass is 16.3. The van der Waals surface area contributed by atoms with Crippen molar-refractivity contribution in [3.05, 3.63) is 66.1 Å². The Morgan fingerprint density at radius 2 is 1.89 bits per heavy atom. The van der Waals surface area contributed by atoms with E-state index in [1.165, 1.54) is 12.3 Å². The minimum atomic E-state index is -0.254. The molecule has 0 spiro atoms. The molecular formula is C15H11NO3. The van der Waals surface area contributed by atoms with Crippen molar-refractivity contribution in [2.75, 3.05) is 0 Å². The maximum atomic E-state index is 12.2. The molecule has 3 aromatic rings. The van der Waals surface area contributed by atoms with Crippen LogP contribution < -0.4 is 0 Å². The van der Waals surface area contributed by atoms with Gasteiger partial charge >= 0.3 is 0 Å². The van der Waals surface area contributed by atoms with Crippen LogP contribution in [0, 0.1) is 0 Å². The molecule has 0 fully saturated rings. The maximum Gasteiger partial charge on any atom is 0.213 e. The van der Waals surface area contributed by atoms with Crippen molar-refractivity contribution in [3.8, 4) is 17.2 Å². The van der Waals surface area contributed by atoms with Crippen LogP contribution in [0.2, 0.25) is 0 Å². The highest BCUT2D eigenvalue weighted by Crippen LogP contribution is 2.28. The summed E-state index contributed by atoms with van der Waals surface area (Å²) in [6, 6.07) is 13.8. The molecule has 0 aliphatic carbocycles. The second-order valence-corrected chi connectivity index (χ2v) is 4.12. The Bertz CT molecular complexity index is 696. The molecular weight excluding hydrogens is 242 g/mol. The number of hydrogen-bond acceptors (Lipinski definition) is 3. The van der Waals surface area contributed by atoms with E-state index in [-0.39, 0.29) is 17.2 Å². The molecule has 2 aromatic heterocycles. The van der Waals surface area contributed by atoms with Crippen LogP contribution in [0.4, 0.5) is 0 Å². The monoisotopic (exact) mass is 253 g/mol. The highest BCUT2D eigenvalue weighted by molar-refractivity contribution is 6.09. The highest BCUT2D eigenvalue weighted by Gasteiger charge is 2.18. The Hall–Kier alpha value is -2.75. The first-order valence-corrected chi connectivity index (χ1v) is 5.81. The summed E-state index contributed by atoms with van der Waals surface area (Å²) in [7, 11) is 0. The lowest BCUT2D eigenvalue weighted by Crippen LogP contribution is -2.01. The topological polar surface area (TPSA) is 66.2 Å². The summed E-state index contributed by atoms with van der Waals surface area (Å²) in [5, 5.41) is 9.87. The summed E-state index contributed by atoms with van der Waals surface area (Å²) in [5.41, 5.74) is 1.25. The number of carbonyl (C=O) groups excluding carboxylic acids is 1. The van der Waals surface area contributed by atoms with E-state index in [2.05, 4.69) is 4.98 Å². The number of aromatic nitrogens is 1. The van der Waals surface area contributed by atoms with Gasteiger partial charge in [-0.2, -0.15) is 0 Å². The lowest BCUT2D eigenvalue weighted by molar-refractivity contribution is 0.103. The number of nitrogens with one attached hydrogen (secondary N) is 1. The Balaban J connectivity index is 2.00. The lowest BCUT2D eigenvalue weighted by Gasteiger charge is -1.98. The van der Waals surface area contributed by atoms with Crippen molar-refractivity contribution in [2.24, 2.45) is 0 Å². The maximum absolute atomic E-state index is 12.2. The summed E-state index contributed by atoms with van der Waals surface area (Å²) in [6.45, 7) is 0. The van der Waals surface area contributed by atoms with Crippen LogP contribution in [0.15, 0.2) is 59.2 Å². The minimum Gasteiger partial charge on any atom is -0.506 e. The van der Waals surface area contributed by atoms with Crippen LogP contribution in [0.3, 0.4) is 0 Å². The van der Waals surface area contributed by atoms with E-state index in [0.29, 0.717) is 17.0 Å². The van der Waals surface area contributed by atoms with E-state index < -0.39 is 0 Å². The van der Waals surface area contributed by atoms with Gasteiger partial charge in [-0.05, 0) is 12.1 Å². The molecule has 0 unspecified atom stereocenters. The van der Waals surface area contributed by atoms with Crippen molar-refractivity contribution in [3.63, 3.8) is 0 Å². The Morgan fingerprint density at radius 3 is 2.58 bits per heavy atom. The first kappa shape index (κ1) is 11.3. The Labute approximate surface area is 109 Å². The van der Waals surface area contributed by atoms with Crippen molar-refractivity contribution >= 4 is 5.78 Å². The zero-order valence-electron chi connectivity index (χ0n) is 9.96. The summed E-state index contributed by atoms with van der Waals surface area (Å²) in [4.78, 5) is 15.1. The van der Waals surface area contributed by atoms with E-state index in [1.807, 2.05) is 6.07 Å². The lowest BCUT2D eigenvalue weighted by atomic mass is 10.1. The van der Waals surface area contributed by atoms with Crippen molar-refractivity contribution in [2.45, 2.75) is 0 Å². The molecule has 0 saturated carbocycles. The fourth-order valence-electron chi connectivity index (χ4n) is 1.92. The van der Waals surface area contributed by atoms with Crippen molar-refractivity contribution in [1.29, 1.82) is 0 Å². The van der Waals surface area contributed by atoms with Crippen molar-refractivity contribution in [1.82, 2.24) is 4.98 Å². The molecule has 1 aromatic carbocycles. The molecule has 0 saturated heterocycles. The zero-order valence-corrected chi connectivity index (χ0v) is 9.96. The molecule has 2 N–H and O–H groups in total. The number of aromatic amines is 1. The summed E-state index contributed by atoms with van der Waals surface area (Å²) >= 11 is 0. The minimum absolute atomic E-state index is 0.0831. The number of aromatic hydroxyl groups is 1. The van der Waals surface area contributed by atoms with Gasteiger partial charge in [-0.15, -0.1) is 0 Å². The number of benzene rings is 1. The molecule has 0 radical (unpaired) electrons. The molecule has 4 nitrogen and oxygen atoms in total. The molecule has 0 aliphatic rings. The average Bonchev–Trinajstić information content (AvgIpc) is 3.08. The molecule has 3 rings (SSSR count). The van der Waals surface area contributed by atoms with Gasteiger partial charge in [-0.3, -0.25) is 4.79 Å². The molecule has 0 atom stereocenters. The summed E-state index contributed by atoms with van der Waals surface area (Å²) in [6.07, 6.45) is 1.53. The number of hydrogen-bond donors (Lipinski definition) is 2. The second kappa shape index (κ2) is 4.49. The van der Waals surface area contributed by atoms with Crippen LogP contribution in [0.1, 0.15) is 16.1 Å². The molecule has 0 aliphatic heterocycles. The molecule has 0 bridgehead atoms. The smallest absolute Gasteiger partial charge is 0.213 e. The summed E-state index contributed by atoms with van der Waals surface area (Å²) in [5.74, 6) is 0.235. The third-order valence-electron chi connectivity index (χ3n) is 2.85. The molecule has 19 heavy (non-hydrogen) atoms. The number of carbonyl (C=O) groups is 1. The standard InChI is InChI=1S/C15H11NO3/c17-12-9-11(13-7-4-8-19-13)16-14(12)15(18)10-5-2-1-3-6-10/h1-9,16-17H. The van der Waals surface area contributed by atoms with E-state index in [0.717, 1.165) is 0 Å². The van der Waals surface area contributed by atoms with Gasteiger partial charge in [0.1, 0.15) is 17.2 Å². The van der Waals surface area contributed by atoms with Gasteiger partial charge in [-0.1, -0.05) is 30.3 Å². The third kappa shape index (κ3) is 2.04. The predicted molar refractivity (Wildman–Crippen MR) is 70.0 cm³/mol. The van der Waals surface area contributed by atoms with Crippen LogP contribution in [-0.4, -0.2) is 15.9 Å². The summed E-state index contributed by atoms with van der Waals surface area (Å²) < 4.78 is 5.22. The van der Waals surface area contributed by atoms with Gasteiger partial charge in [0.05, 0.1) is 12.0 Å². The van der Waals surface area contributed by atoms with Crippen molar-refractivity contribution < 1.29 is 14.3 Å². The fourth-order valence-corrected chi connectivity index (χ4v) is 1.92. The predicted octanol–water partition coefficient (Wildman–Crippen LogP) is 3.21. The molecule has 0 amide bonds. The normalized spacial score (nSPS) is 10.5. The van der Waals surface area contributed by atoms with Gasteiger partial charge in [0, 0.05) is 11.6 Å². The van der Waals surface area contributed by atoms with Crippen LogP contribution in [0.5, 0.6) is 5.75 Å². The van der Waals surface area contributed by atoms with E-state index in [4.69, 9.17) is 4.42 Å². The van der Waals surface area contributed by atoms with E-state index in [9.17, 15) is 9.90 Å². The number of furan rings is 1. The van der Waals surface area contributed by atoms with E-state index in [1.54, 1.807) is 36.4 Å². The first-order valence-electron chi connectivity index (χ1n) is 5.81. The quantitative estimate of drug-likeness (QED) is 0.704. The van der Waals surface area contributed by atoms with Gasteiger partial charge < -0.3 is 14.5 Å². The SMILES string of the molecule is O=C(c1ccccc1)c1[nH]c(-c2ccco2)cc1O. The van der Waals surface area contributed by atoms with Crippen LogP contribution >= 0.6 is 0 Å². The molecule has 94 valence electrons. The van der Waals surface area contributed by atoms with Crippen LogP contribution in [0.25, 0.3) is 11.5 Å². The molecule has 4 heteroatoms. The first-order chi connectivity index (χ1) is 9.25. The van der Waals surface area contributed by atoms with Gasteiger partial charge in [-0.25, -0.2) is 0 Å². The Kier molecular flexibility index (Phi) is 2.68. The Morgan fingerprint density at radius 1 is 1.11 bits per heavy atom. The zero-order chi connectivity index (χ0) is 13.2. The fraction of sp³-hybridized carbons (Fsp3) is 0.